The summed E-state index contributed by atoms with van der Waals surface area (Å²) in [6, 6.07) is 12.3. The number of carbonyl (C=O) groups is 1. The highest BCUT2D eigenvalue weighted by atomic mass is 32.2. The minimum Gasteiger partial charge on any atom is -0.748 e. The van der Waals surface area contributed by atoms with Crippen molar-refractivity contribution in [2.24, 2.45) is 0 Å². The molecular weight excluding hydrogens is 749 g/mol. The molecule has 0 aromatic heterocycles. The Bertz CT molecular complexity index is 2190. The van der Waals surface area contributed by atoms with Crippen molar-refractivity contribution in [3.8, 4) is 11.3 Å². The van der Waals surface area contributed by atoms with Crippen LogP contribution < -0.4 is 14.8 Å². The van der Waals surface area contributed by atoms with Gasteiger partial charge in [-0.15, -0.1) is 0 Å². The highest BCUT2D eigenvalue weighted by Crippen LogP contribution is 2.51. The van der Waals surface area contributed by atoms with E-state index in [9.17, 15) is 35.8 Å². The largest absolute Gasteiger partial charge is 0.748 e. The minimum absolute atomic E-state index is 0.00466. The molecule has 1 aromatic carbocycles. The lowest BCUT2D eigenvalue weighted by molar-refractivity contribution is -0.137. The van der Waals surface area contributed by atoms with Crippen LogP contribution in [0.1, 0.15) is 70.3 Å². The number of hydrogen-bond acceptors (Lipinski definition) is 10. The van der Waals surface area contributed by atoms with Gasteiger partial charge in [-0.25, -0.2) is 13.0 Å². The monoisotopic (exact) mass is 800 g/mol. The highest BCUT2D eigenvalue weighted by Gasteiger charge is 2.43. The van der Waals surface area contributed by atoms with Crippen LogP contribution >= 0.6 is 0 Å². The van der Waals surface area contributed by atoms with Crippen molar-refractivity contribution in [3.63, 3.8) is 0 Å². The van der Waals surface area contributed by atoms with E-state index in [1.165, 1.54) is 18.2 Å². The number of nitrogens with zero attached hydrogens (tertiary/aromatic N) is 2. The molecule has 1 aliphatic carbocycles. The predicted octanol–water partition coefficient (Wildman–Crippen LogP) is 5.42. The lowest BCUT2D eigenvalue weighted by atomic mass is 9.77. The number of carboxylic acid groups (broad SMARTS) is 1. The van der Waals surface area contributed by atoms with Gasteiger partial charge in [-0.05, 0) is 85.2 Å². The molecule has 0 fully saturated rings. The van der Waals surface area contributed by atoms with Gasteiger partial charge >= 0.3 is 5.97 Å². The Hall–Kier alpha value is -4.12. The summed E-state index contributed by atoms with van der Waals surface area (Å²) in [5.74, 6) is -0.246. The Morgan fingerprint density at radius 3 is 2.27 bits per heavy atom. The molecule has 1 atom stereocenters. The minimum atomic E-state index is -4.57. The van der Waals surface area contributed by atoms with E-state index < -0.39 is 37.4 Å². The predicted molar refractivity (Wildman–Crippen MR) is 211 cm³/mol. The summed E-state index contributed by atoms with van der Waals surface area (Å²) in [7, 11) is -5.73. The normalized spacial score (nSPS) is 17.2. The maximum Gasteiger partial charge on any atom is 0.303 e. The first-order valence-corrected chi connectivity index (χ1v) is 21.0. The van der Waals surface area contributed by atoms with Gasteiger partial charge in [0.1, 0.15) is 24.7 Å². The average Bonchev–Trinajstić information content (AvgIpc) is 3.32. The summed E-state index contributed by atoms with van der Waals surface area (Å²) in [6.45, 7) is 10.9. The van der Waals surface area contributed by atoms with Gasteiger partial charge in [0, 0.05) is 61.4 Å². The van der Waals surface area contributed by atoms with E-state index in [4.69, 9.17) is 13.9 Å². The van der Waals surface area contributed by atoms with E-state index in [0.29, 0.717) is 55.4 Å². The van der Waals surface area contributed by atoms with Gasteiger partial charge in [-0.1, -0.05) is 39.0 Å². The molecule has 2 aliphatic heterocycles. The van der Waals surface area contributed by atoms with Gasteiger partial charge in [0.2, 0.25) is 5.36 Å². The molecule has 0 bridgehead atoms. The topological polar surface area (TPSA) is 187 Å². The van der Waals surface area contributed by atoms with E-state index in [-0.39, 0.29) is 36.1 Å². The molecule has 0 spiro atoms. The fraction of sp³-hybridized carbons (Fsp3) is 0.450. The van der Waals surface area contributed by atoms with Crippen molar-refractivity contribution < 1.29 is 49.7 Å². The van der Waals surface area contributed by atoms with Crippen LogP contribution in [0.15, 0.2) is 81.8 Å². The summed E-state index contributed by atoms with van der Waals surface area (Å²) in [5.41, 5.74) is 2.72. The molecule has 4 rings (SSSR count). The van der Waals surface area contributed by atoms with Crippen molar-refractivity contribution in [1.29, 1.82) is 0 Å². The number of methoxy groups -OCH3 is 2. The van der Waals surface area contributed by atoms with Crippen LogP contribution in [-0.4, -0.2) is 89.8 Å². The van der Waals surface area contributed by atoms with Gasteiger partial charge in [0.15, 0.2) is 13.1 Å². The molecular formula is C40H52N2O11S2. The smallest absolute Gasteiger partial charge is 0.303 e. The van der Waals surface area contributed by atoms with E-state index >= 15 is 0 Å². The summed E-state index contributed by atoms with van der Waals surface area (Å²) in [4.78, 5) is 13.0. The van der Waals surface area contributed by atoms with Crippen molar-refractivity contribution in [2.75, 3.05) is 57.7 Å². The third-order valence-electron chi connectivity index (χ3n) is 9.66. The maximum absolute atomic E-state index is 12.1. The quantitative estimate of drug-likeness (QED) is 0.0948. The Morgan fingerprint density at radius 1 is 0.982 bits per heavy atom. The van der Waals surface area contributed by atoms with E-state index in [1.807, 2.05) is 42.2 Å². The van der Waals surface area contributed by atoms with Crippen molar-refractivity contribution in [2.45, 2.75) is 69.1 Å². The second-order valence-electron chi connectivity index (χ2n) is 14.8. The number of benzene rings is 2. The van der Waals surface area contributed by atoms with Crippen LogP contribution in [0.4, 0.5) is 5.69 Å². The average molecular weight is 801 g/mol. The van der Waals surface area contributed by atoms with Crippen molar-refractivity contribution >= 4 is 38.0 Å². The Morgan fingerprint density at radius 2 is 1.67 bits per heavy atom. The SMILES string of the molecule is COCC[N+](CCOC)=c1ccc2c(C(C)(C)C)cc(/C=C/C=C/C=C3/N(CCCS(=O)(=O)[O-])c4ccc(S(=O)(=O)O)cc4C3(C)CCCC(=O)O)oc-2c1. The number of aliphatic carboxylic acids is 1. The fourth-order valence-corrected chi connectivity index (χ4v) is 7.91. The molecule has 0 radical (unpaired) electrons. The number of hydrogen-bond donors (Lipinski definition) is 2. The molecule has 1 unspecified atom stereocenters. The molecule has 55 heavy (non-hydrogen) atoms. The van der Waals surface area contributed by atoms with E-state index in [1.54, 1.807) is 26.4 Å². The zero-order chi connectivity index (χ0) is 40.6. The number of anilines is 1. The van der Waals surface area contributed by atoms with Crippen LogP contribution in [0.25, 0.3) is 17.4 Å². The maximum atomic E-state index is 12.1. The van der Waals surface area contributed by atoms with Gasteiger partial charge in [0.25, 0.3) is 10.1 Å². The second kappa shape index (κ2) is 18.2. The van der Waals surface area contributed by atoms with E-state index in [2.05, 4.69) is 37.5 Å². The highest BCUT2D eigenvalue weighted by molar-refractivity contribution is 7.86. The molecule has 15 heteroatoms. The van der Waals surface area contributed by atoms with Crippen LogP contribution in [-0.2, 0) is 45.3 Å². The third kappa shape index (κ3) is 11.5. The zero-order valence-electron chi connectivity index (χ0n) is 32.3. The van der Waals surface area contributed by atoms with Crippen molar-refractivity contribution in [1.82, 2.24) is 4.58 Å². The van der Waals surface area contributed by atoms with Crippen molar-refractivity contribution in [3.05, 3.63) is 94.7 Å². The number of carboxylic acids is 1. The molecule has 2 heterocycles. The molecule has 1 aromatic rings. The summed E-state index contributed by atoms with van der Waals surface area (Å²) in [6.07, 6.45) is 9.46. The summed E-state index contributed by atoms with van der Waals surface area (Å²) >= 11 is 0. The van der Waals surface area contributed by atoms with Gasteiger partial charge < -0.3 is 28.5 Å². The first-order chi connectivity index (χ1) is 25.8. The molecule has 3 aliphatic rings. The van der Waals surface area contributed by atoms with Crippen LogP contribution in [0.5, 0.6) is 0 Å². The zero-order valence-corrected chi connectivity index (χ0v) is 33.9. The fourth-order valence-electron chi connectivity index (χ4n) is 6.92. The second-order valence-corrected chi connectivity index (χ2v) is 17.7. The van der Waals surface area contributed by atoms with E-state index in [0.717, 1.165) is 22.2 Å². The molecule has 0 amide bonds. The Kier molecular flexibility index (Phi) is 14.4. The molecule has 300 valence electrons. The summed E-state index contributed by atoms with van der Waals surface area (Å²) in [5, 5.41) is 10.4. The molecule has 13 nitrogen and oxygen atoms in total. The van der Waals surface area contributed by atoms with Crippen LogP contribution in [0.2, 0.25) is 0 Å². The Labute approximate surface area is 324 Å². The molecule has 0 saturated heterocycles. The lowest BCUT2D eigenvalue weighted by Crippen LogP contribution is -2.35. The first-order valence-electron chi connectivity index (χ1n) is 18.0. The Balaban J connectivity index is 1.78. The number of fused-ring (bicyclic) bond motifs is 2. The van der Waals surface area contributed by atoms with Gasteiger partial charge in [-0.3, -0.25) is 9.35 Å². The van der Waals surface area contributed by atoms with Gasteiger partial charge in [0.05, 0.1) is 21.1 Å². The summed E-state index contributed by atoms with van der Waals surface area (Å²) < 4.78 is 87.8. The first kappa shape index (κ1) is 43.6. The standard InChI is InChI=1S/C40H52N2O11S2/c1-39(2,3)33-27-30(53-36-26-29(15-17-32(33)36)41(21-23-51-5)22-24-52-6)12-8-7-9-13-37-40(4,19-10-14-38(43)44)34-28-31(55(48,49)50)16-18-35(34)42(37)20-11-25-54(45,46)47/h7-9,12-13,15-18,26-28H,10-11,14,19-25H2,1-6H3,(H2-,43,44,45,46,47,48,49,50). The number of ether oxygens (including phenoxy) is 2. The number of allylic oxidation sites excluding steroid dienone is 5. The lowest BCUT2D eigenvalue weighted by Gasteiger charge is -2.30. The van der Waals surface area contributed by atoms with Crippen LogP contribution in [0, 0.1) is 0 Å². The van der Waals surface area contributed by atoms with Crippen LogP contribution in [0.3, 0.4) is 0 Å². The number of rotatable bonds is 18. The van der Waals surface area contributed by atoms with Gasteiger partial charge in [-0.2, -0.15) is 8.42 Å². The third-order valence-corrected chi connectivity index (χ3v) is 11.3. The molecule has 0 saturated carbocycles. The molecule has 2 N–H and O–H groups in total.